The lowest BCUT2D eigenvalue weighted by atomic mass is 10.1. The molecule has 1 rings (SSSR count). The van der Waals surface area contributed by atoms with Crippen molar-refractivity contribution in [2.24, 2.45) is 0 Å². The molecule has 0 aliphatic carbocycles. The molecule has 0 aromatic heterocycles. The van der Waals surface area contributed by atoms with Gasteiger partial charge in [0.2, 0.25) is 5.91 Å². The molecule has 2 atom stereocenters. The van der Waals surface area contributed by atoms with Gasteiger partial charge in [-0.25, -0.2) is 8.42 Å². The van der Waals surface area contributed by atoms with E-state index in [-0.39, 0.29) is 24.0 Å². The number of carbonyl (C=O) groups excluding carboxylic acids is 1. The predicted octanol–water partition coefficient (Wildman–Crippen LogP) is -1.29. The fourth-order valence-electron chi connectivity index (χ4n) is 2.35. The van der Waals surface area contributed by atoms with Gasteiger partial charge in [-0.05, 0) is 13.3 Å². The van der Waals surface area contributed by atoms with Gasteiger partial charge in [0, 0.05) is 19.7 Å². The number of ether oxygens (including phenoxy) is 1. The third-order valence-corrected chi connectivity index (χ3v) is 5.23. The number of methoxy groups -OCH3 is 1. The van der Waals surface area contributed by atoms with Crippen molar-refractivity contribution in [3.8, 4) is 0 Å². The molecule has 9 heteroatoms. The highest BCUT2D eigenvalue weighted by Gasteiger charge is 2.37. The molecule has 0 bridgehead atoms. The van der Waals surface area contributed by atoms with Crippen LogP contribution in [0.5, 0.6) is 0 Å². The quantitative estimate of drug-likeness (QED) is 0.535. The first-order valence-corrected chi connectivity index (χ1v) is 8.53. The zero-order valence-electron chi connectivity index (χ0n) is 12.2. The monoisotopic (exact) mass is 322 g/mol. The fourth-order valence-corrected chi connectivity index (χ4v) is 4.09. The van der Waals surface area contributed by atoms with Crippen LogP contribution in [0.1, 0.15) is 13.3 Å². The standard InChI is InChI=1S/C12H22N2O6S/c1-9(12(17)13-4-5-20-2)14(7-11(15)16)10-3-6-21(18,19)8-10/h9-10H,3-8H2,1-2H3,(H,13,17)(H,15,16). The fraction of sp³-hybridized carbons (Fsp3) is 0.833. The lowest BCUT2D eigenvalue weighted by Gasteiger charge is -2.31. The van der Waals surface area contributed by atoms with Gasteiger partial charge in [0.15, 0.2) is 9.84 Å². The molecule has 0 radical (unpaired) electrons. The Balaban J connectivity index is 2.72. The highest BCUT2D eigenvalue weighted by atomic mass is 32.2. The summed E-state index contributed by atoms with van der Waals surface area (Å²) in [6.45, 7) is 1.90. The summed E-state index contributed by atoms with van der Waals surface area (Å²) >= 11 is 0. The van der Waals surface area contributed by atoms with Crippen LogP contribution in [0.4, 0.5) is 0 Å². The SMILES string of the molecule is COCCNC(=O)C(C)N(CC(=O)O)C1CCS(=O)(=O)C1. The van der Waals surface area contributed by atoms with E-state index in [0.717, 1.165) is 0 Å². The average molecular weight is 322 g/mol. The van der Waals surface area contributed by atoms with Gasteiger partial charge in [0.05, 0.1) is 30.7 Å². The Hall–Kier alpha value is -1.19. The van der Waals surface area contributed by atoms with Gasteiger partial charge in [-0.1, -0.05) is 0 Å². The minimum Gasteiger partial charge on any atom is -0.480 e. The van der Waals surface area contributed by atoms with Gasteiger partial charge in [-0.3, -0.25) is 14.5 Å². The third-order valence-electron chi connectivity index (χ3n) is 3.48. The second-order valence-corrected chi connectivity index (χ2v) is 7.31. The minimum absolute atomic E-state index is 0.0335. The van der Waals surface area contributed by atoms with E-state index in [1.165, 1.54) is 12.0 Å². The summed E-state index contributed by atoms with van der Waals surface area (Å²) in [5.41, 5.74) is 0. The van der Waals surface area contributed by atoms with Crippen LogP contribution in [0.2, 0.25) is 0 Å². The van der Waals surface area contributed by atoms with Crippen molar-refractivity contribution in [2.45, 2.75) is 25.4 Å². The molecule has 1 aliphatic heterocycles. The summed E-state index contributed by atoms with van der Waals surface area (Å²) in [5, 5.41) is 11.6. The first-order valence-electron chi connectivity index (χ1n) is 6.71. The number of carbonyl (C=O) groups is 2. The van der Waals surface area contributed by atoms with Crippen molar-refractivity contribution in [3.05, 3.63) is 0 Å². The van der Waals surface area contributed by atoms with Crippen LogP contribution in [0.25, 0.3) is 0 Å². The molecule has 2 N–H and O–H groups in total. The molecule has 0 aromatic carbocycles. The van der Waals surface area contributed by atoms with Gasteiger partial charge >= 0.3 is 5.97 Å². The van der Waals surface area contributed by atoms with Crippen LogP contribution in [0.15, 0.2) is 0 Å². The Morgan fingerprint density at radius 2 is 2.14 bits per heavy atom. The molecule has 0 spiro atoms. The molecule has 1 aliphatic rings. The van der Waals surface area contributed by atoms with E-state index in [2.05, 4.69) is 5.32 Å². The van der Waals surface area contributed by atoms with Crippen LogP contribution in [-0.4, -0.2) is 80.7 Å². The van der Waals surface area contributed by atoms with Crippen molar-refractivity contribution >= 4 is 21.7 Å². The summed E-state index contributed by atoms with van der Waals surface area (Å²) in [4.78, 5) is 24.4. The number of hydrogen-bond acceptors (Lipinski definition) is 6. The van der Waals surface area contributed by atoms with Crippen molar-refractivity contribution in [1.29, 1.82) is 0 Å². The summed E-state index contributed by atoms with van der Waals surface area (Å²) < 4.78 is 27.9. The number of nitrogens with zero attached hydrogens (tertiary/aromatic N) is 1. The topological polar surface area (TPSA) is 113 Å². The van der Waals surface area contributed by atoms with Crippen LogP contribution in [0.3, 0.4) is 0 Å². The number of carboxylic acids is 1. The number of carboxylic acid groups (broad SMARTS) is 1. The molecule has 122 valence electrons. The third kappa shape index (κ3) is 5.60. The maximum Gasteiger partial charge on any atom is 0.317 e. The maximum atomic E-state index is 12.0. The van der Waals surface area contributed by atoms with E-state index in [9.17, 15) is 18.0 Å². The molecule has 1 saturated heterocycles. The van der Waals surface area contributed by atoms with Crippen LogP contribution >= 0.6 is 0 Å². The zero-order valence-corrected chi connectivity index (χ0v) is 13.1. The Labute approximate surface area is 124 Å². The van der Waals surface area contributed by atoms with Crippen molar-refractivity contribution in [2.75, 3.05) is 38.3 Å². The Morgan fingerprint density at radius 3 is 2.62 bits per heavy atom. The highest BCUT2D eigenvalue weighted by molar-refractivity contribution is 7.91. The smallest absolute Gasteiger partial charge is 0.317 e. The van der Waals surface area contributed by atoms with Gasteiger partial charge in [-0.15, -0.1) is 0 Å². The largest absolute Gasteiger partial charge is 0.480 e. The lowest BCUT2D eigenvalue weighted by Crippen LogP contribution is -2.52. The van der Waals surface area contributed by atoms with E-state index in [4.69, 9.17) is 9.84 Å². The molecule has 0 saturated carbocycles. The molecule has 1 fully saturated rings. The van der Waals surface area contributed by atoms with Gasteiger partial charge in [-0.2, -0.15) is 0 Å². The lowest BCUT2D eigenvalue weighted by molar-refractivity contribution is -0.140. The second-order valence-electron chi connectivity index (χ2n) is 5.08. The Kier molecular flexibility index (Phi) is 6.56. The number of sulfone groups is 1. The van der Waals surface area contributed by atoms with Crippen LogP contribution in [-0.2, 0) is 24.2 Å². The maximum absolute atomic E-state index is 12.0. The number of hydrogen-bond donors (Lipinski definition) is 2. The average Bonchev–Trinajstić information content (AvgIpc) is 2.75. The molecule has 21 heavy (non-hydrogen) atoms. The van der Waals surface area contributed by atoms with Crippen molar-refractivity contribution in [3.63, 3.8) is 0 Å². The van der Waals surface area contributed by atoms with Gasteiger partial charge in [0.25, 0.3) is 0 Å². The highest BCUT2D eigenvalue weighted by Crippen LogP contribution is 2.19. The summed E-state index contributed by atoms with van der Waals surface area (Å²) in [6.07, 6.45) is 0.352. The van der Waals surface area contributed by atoms with Crippen LogP contribution < -0.4 is 5.32 Å². The first kappa shape index (κ1) is 17.9. The number of nitrogens with one attached hydrogen (secondary N) is 1. The molecular weight excluding hydrogens is 300 g/mol. The molecule has 2 unspecified atom stereocenters. The summed E-state index contributed by atoms with van der Waals surface area (Å²) in [5.74, 6) is -1.49. The van der Waals surface area contributed by atoms with E-state index in [1.54, 1.807) is 6.92 Å². The number of rotatable bonds is 8. The molecule has 1 heterocycles. The zero-order chi connectivity index (χ0) is 16.0. The summed E-state index contributed by atoms with van der Waals surface area (Å²) in [7, 11) is -1.63. The van der Waals surface area contributed by atoms with Gasteiger partial charge in [0.1, 0.15) is 0 Å². The van der Waals surface area contributed by atoms with Crippen LogP contribution in [0, 0.1) is 0 Å². The molecule has 0 aromatic rings. The number of amides is 1. The Morgan fingerprint density at radius 1 is 1.48 bits per heavy atom. The van der Waals surface area contributed by atoms with Crippen molar-refractivity contribution < 1.29 is 27.9 Å². The first-order chi connectivity index (χ1) is 9.76. The van der Waals surface area contributed by atoms with E-state index < -0.39 is 27.9 Å². The molecular formula is C12H22N2O6S. The van der Waals surface area contributed by atoms with Crippen molar-refractivity contribution in [1.82, 2.24) is 10.2 Å². The second kappa shape index (κ2) is 7.71. The normalized spacial score (nSPS) is 22.1. The predicted molar refractivity (Wildman–Crippen MR) is 75.7 cm³/mol. The molecule has 8 nitrogen and oxygen atoms in total. The van der Waals surface area contributed by atoms with E-state index in [0.29, 0.717) is 19.6 Å². The number of aliphatic carboxylic acids is 1. The van der Waals surface area contributed by atoms with E-state index >= 15 is 0 Å². The van der Waals surface area contributed by atoms with Gasteiger partial charge < -0.3 is 15.2 Å². The Bertz CT molecular complexity index is 478. The van der Waals surface area contributed by atoms with E-state index in [1.807, 2.05) is 0 Å². The minimum atomic E-state index is -3.14. The summed E-state index contributed by atoms with van der Waals surface area (Å²) in [6, 6.07) is -1.15. The molecule has 1 amide bonds.